The van der Waals surface area contributed by atoms with Crippen molar-refractivity contribution in [3.63, 3.8) is 0 Å². The van der Waals surface area contributed by atoms with Crippen LogP contribution in [0.15, 0.2) is 81.0 Å². The number of aliphatic imine (C=N–C) groups is 1. The summed E-state index contributed by atoms with van der Waals surface area (Å²) in [5.74, 6) is 2.06. The lowest BCUT2D eigenvalue weighted by Gasteiger charge is -1.96. The zero-order valence-corrected chi connectivity index (χ0v) is 16.8. The lowest BCUT2D eigenvalue weighted by Crippen LogP contribution is -1.86. The molecule has 0 bridgehead atoms. The second kappa shape index (κ2) is 8.42. The summed E-state index contributed by atoms with van der Waals surface area (Å²) in [5.41, 5.74) is 2.59. The molecule has 0 atom stereocenters. The third-order valence-corrected chi connectivity index (χ3v) is 6.16. The largest absolute Gasteiger partial charge is 0.455 e. The van der Waals surface area contributed by atoms with Crippen molar-refractivity contribution in [2.45, 2.75) is 4.34 Å². The molecule has 4 aromatic rings. The van der Waals surface area contributed by atoms with Crippen molar-refractivity contribution in [3.8, 4) is 11.3 Å². The smallest absolute Gasteiger partial charge is 0.269 e. The van der Waals surface area contributed by atoms with Crippen LogP contribution in [0, 0.1) is 10.1 Å². The van der Waals surface area contributed by atoms with Crippen molar-refractivity contribution < 1.29 is 9.34 Å². The summed E-state index contributed by atoms with van der Waals surface area (Å²) in [5, 5.41) is 10.8. The maximum atomic E-state index is 10.8. The van der Waals surface area contributed by atoms with Gasteiger partial charge < -0.3 is 4.42 Å². The molecular formula is C21H15N3O3S2. The first kappa shape index (κ1) is 19.1. The van der Waals surface area contributed by atoms with E-state index in [0.717, 1.165) is 31.6 Å². The molecule has 144 valence electrons. The topological polar surface area (TPSA) is 81.5 Å². The Morgan fingerprint density at radius 2 is 2.03 bits per heavy atom. The molecule has 2 heterocycles. The molecule has 0 radical (unpaired) electrons. The number of rotatable bonds is 7. The van der Waals surface area contributed by atoms with Gasteiger partial charge in [0.25, 0.3) is 5.69 Å². The van der Waals surface area contributed by atoms with Crippen LogP contribution in [-0.4, -0.2) is 21.9 Å². The Labute approximate surface area is 174 Å². The van der Waals surface area contributed by atoms with E-state index >= 15 is 0 Å². The second-order valence-electron chi connectivity index (χ2n) is 6.00. The van der Waals surface area contributed by atoms with Crippen LogP contribution in [0.3, 0.4) is 0 Å². The van der Waals surface area contributed by atoms with E-state index in [2.05, 4.69) is 16.6 Å². The van der Waals surface area contributed by atoms with Crippen molar-refractivity contribution in [2.24, 2.45) is 4.99 Å². The van der Waals surface area contributed by atoms with Gasteiger partial charge in [-0.3, -0.25) is 15.1 Å². The van der Waals surface area contributed by atoms with Crippen LogP contribution in [0.5, 0.6) is 0 Å². The number of benzene rings is 2. The normalized spacial score (nSPS) is 11.3. The van der Waals surface area contributed by atoms with Crippen molar-refractivity contribution in [1.82, 2.24) is 4.98 Å². The Morgan fingerprint density at radius 1 is 1.21 bits per heavy atom. The molecule has 4 rings (SSSR count). The summed E-state index contributed by atoms with van der Waals surface area (Å²) in [7, 11) is 0. The molecule has 6 nitrogen and oxygen atoms in total. The minimum absolute atomic E-state index is 0.0478. The predicted octanol–water partition coefficient (Wildman–Crippen LogP) is 6.49. The molecule has 8 heteroatoms. The van der Waals surface area contributed by atoms with E-state index in [-0.39, 0.29) is 5.69 Å². The lowest BCUT2D eigenvalue weighted by atomic mass is 10.1. The third-order valence-electron chi connectivity index (χ3n) is 4.01. The number of nitro groups is 1. The Balaban J connectivity index is 1.50. The lowest BCUT2D eigenvalue weighted by molar-refractivity contribution is -0.384. The highest BCUT2D eigenvalue weighted by molar-refractivity contribution is 8.01. The van der Waals surface area contributed by atoms with Crippen LogP contribution in [0.1, 0.15) is 5.76 Å². The maximum Gasteiger partial charge on any atom is 0.269 e. The number of nitro benzene ring substituents is 1. The number of hydrogen-bond donors (Lipinski definition) is 0. The van der Waals surface area contributed by atoms with Gasteiger partial charge in [0.15, 0.2) is 4.34 Å². The molecule has 0 unspecified atom stereocenters. The highest BCUT2D eigenvalue weighted by Gasteiger charge is 2.08. The van der Waals surface area contributed by atoms with Crippen LogP contribution in [0.2, 0.25) is 0 Å². The molecule has 0 fully saturated rings. The highest BCUT2D eigenvalue weighted by Crippen LogP contribution is 2.32. The quantitative estimate of drug-likeness (QED) is 0.112. The van der Waals surface area contributed by atoms with Gasteiger partial charge in [0, 0.05) is 23.4 Å². The van der Waals surface area contributed by atoms with Crippen LogP contribution >= 0.6 is 23.1 Å². The van der Waals surface area contributed by atoms with E-state index in [1.807, 2.05) is 36.4 Å². The molecular weight excluding hydrogens is 406 g/mol. The van der Waals surface area contributed by atoms with E-state index < -0.39 is 4.92 Å². The fourth-order valence-electron chi connectivity index (χ4n) is 2.63. The Morgan fingerprint density at radius 3 is 2.79 bits per heavy atom. The zero-order chi connectivity index (χ0) is 20.2. The van der Waals surface area contributed by atoms with E-state index in [1.165, 1.54) is 12.1 Å². The first-order valence-electron chi connectivity index (χ1n) is 8.65. The summed E-state index contributed by atoms with van der Waals surface area (Å²) in [6.45, 7) is 3.73. The SMILES string of the molecule is C=CCSc1nc2ccc(N=Cc3ccc(-c4ccc([N+](=O)[O-])cc4)o3)cc2s1. The number of hydrogen-bond acceptors (Lipinski definition) is 7. The first-order chi connectivity index (χ1) is 14.1. The second-order valence-corrected chi connectivity index (χ2v) is 8.29. The van der Waals surface area contributed by atoms with Gasteiger partial charge in [0.05, 0.1) is 27.0 Å². The van der Waals surface area contributed by atoms with E-state index in [0.29, 0.717) is 11.5 Å². The van der Waals surface area contributed by atoms with Gasteiger partial charge in [-0.2, -0.15) is 0 Å². The van der Waals surface area contributed by atoms with Gasteiger partial charge in [-0.15, -0.1) is 17.9 Å². The predicted molar refractivity (Wildman–Crippen MR) is 119 cm³/mol. The summed E-state index contributed by atoms with van der Waals surface area (Å²) < 4.78 is 7.88. The Bertz CT molecular complexity index is 1210. The van der Waals surface area contributed by atoms with Crippen LogP contribution in [-0.2, 0) is 0 Å². The molecule has 0 aliphatic carbocycles. The molecule has 0 aliphatic rings. The number of non-ortho nitro benzene ring substituents is 1. The molecule has 0 saturated carbocycles. The standard InChI is InChI=1S/C21H15N3O3S2/c1-2-11-28-21-23-18-9-5-15(12-20(18)29-21)22-13-17-8-10-19(27-17)14-3-6-16(7-4-14)24(25)26/h2-10,12-13H,1,11H2. The molecule has 29 heavy (non-hydrogen) atoms. The van der Waals surface area contributed by atoms with Gasteiger partial charge in [-0.25, -0.2) is 4.98 Å². The van der Waals surface area contributed by atoms with Gasteiger partial charge in [-0.05, 0) is 42.5 Å². The maximum absolute atomic E-state index is 10.8. The molecule has 2 aromatic carbocycles. The van der Waals surface area contributed by atoms with Crippen LogP contribution < -0.4 is 0 Å². The van der Waals surface area contributed by atoms with Gasteiger partial charge in [0.1, 0.15) is 11.5 Å². The molecule has 0 amide bonds. The van der Waals surface area contributed by atoms with Gasteiger partial charge in [0.2, 0.25) is 0 Å². The monoisotopic (exact) mass is 421 g/mol. The first-order valence-corrected chi connectivity index (χ1v) is 10.5. The summed E-state index contributed by atoms with van der Waals surface area (Å²) in [6.07, 6.45) is 3.52. The molecule has 0 N–H and O–H groups in total. The van der Waals surface area contributed by atoms with Gasteiger partial charge >= 0.3 is 0 Å². The van der Waals surface area contributed by atoms with Crippen molar-refractivity contribution in [1.29, 1.82) is 0 Å². The van der Waals surface area contributed by atoms with Gasteiger partial charge in [-0.1, -0.05) is 17.8 Å². The average molecular weight is 422 g/mol. The number of nitrogens with zero attached hydrogens (tertiary/aromatic N) is 3. The zero-order valence-electron chi connectivity index (χ0n) is 15.1. The summed E-state index contributed by atoms with van der Waals surface area (Å²) in [6, 6.07) is 15.8. The van der Waals surface area contributed by atoms with E-state index in [4.69, 9.17) is 4.42 Å². The number of thioether (sulfide) groups is 1. The Kier molecular flexibility index (Phi) is 5.55. The van der Waals surface area contributed by atoms with Crippen molar-refractivity contribution in [3.05, 3.63) is 83.1 Å². The minimum atomic E-state index is -0.426. The summed E-state index contributed by atoms with van der Waals surface area (Å²) >= 11 is 3.30. The highest BCUT2D eigenvalue weighted by atomic mass is 32.2. The third kappa shape index (κ3) is 4.44. The van der Waals surface area contributed by atoms with E-state index in [1.54, 1.807) is 41.4 Å². The van der Waals surface area contributed by atoms with Crippen LogP contribution in [0.4, 0.5) is 11.4 Å². The van der Waals surface area contributed by atoms with Crippen LogP contribution in [0.25, 0.3) is 21.5 Å². The number of thiazole rings is 1. The minimum Gasteiger partial charge on any atom is -0.455 e. The Hall–Kier alpha value is -3.23. The molecule has 0 aliphatic heterocycles. The summed E-state index contributed by atoms with van der Waals surface area (Å²) in [4.78, 5) is 19.4. The fraction of sp³-hybridized carbons (Fsp3) is 0.0476. The molecule has 2 aromatic heterocycles. The number of furan rings is 1. The average Bonchev–Trinajstić information content (AvgIpc) is 3.37. The number of fused-ring (bicyclic) bond motifs is 1. The molecule has 0 spiro atoms. The molecule has 0 saturated heterocycles. The van der Waals surface area contributed by atoms with Crippen molar-refractivity contribution >= 4 is 50.9 Å². The number of aromatic nitrogens is 1. The fourth-order valence-corrected chi connectivity index (χ4v) is 4.49. The van der Waals surface area contributed by atoms with Crippen molar-refractivity contribution in [2.75, 3.05) is 5.75 Å². The van der Waals surface area contributed by atoms with E-state index in [9.17, 15) is 10.1 Å².